The van der Waals surface area contributed by atoms with E-state index in [4.69, 9.17) is 16.3 Å². The van der Waals surface area contributed by atoms with E-state index < -0.39 is 0 Å². The fourth-order valence-corrected chi connectivity index (χ4v) is 2.37. The summed E-state index contributed by atoms with van der Waals surface area (Å²) in [6.45, 7) is 8.82. The number of nitrogens with one attached hydrogen (secondary N) is 1. The molecule has 1 aromatic rings. The monoisotopic (exact) mass is 299 g/mol. The molecule has 7 heteroatoms. The second-order valence-corrected chi connectivity index (χ2v) is 5.43. The van der Waals surface area contributed by atoms with Crippen LogP contribution in [0.4, 0.5) is 5.95 Å². The molecule has 0 spiro atoms. The molecule has 0 aromatic carbocycles. The van der Waals surface area contributed by atoms with Crippen molar-refractivity contribution in [1.82, 2.24) is 19.9 Å². The van der Waals surface area contributed by atoms with Gasteiger partial charge in [0.1, 0.15) is 0 Å². The molecule has 2 heterocycles. The topological polar surface area (TPSA) is 63.2 Å². The summed E-state index contributed by atoms with van der Waals surface area (Å²) >= 11 is 5.84. The lowest BCUT2D eigenvalue weighted by atomic mass is 9.99. The predicted octanol–water partition coefficient (Wildman–Crippen LogP) is 2.07. The quantitative estimate of drug-likeness (QED) is 0.867. The normalized spacial score (nSPS) is 17.1. The van der Waals surface area contributed by atoms with Gasteiger partial charge in [0.2, 0.25) is 11.2 Å². The number of piperidine rings is 1. The number of rotatable bonds is 6. The predicted molar refractivity (Wildman–Crippen MR) is 79.3 cm³/mol. The van der Waals surface area contributed by atoms with E-state index in [0.29, 0.717) is 12.6 Å². The number of halogens is 1. The van der Waals surface area contributed by atoms with E-state index in [1.807, 2.05) is 6.92 Å². The van der Waals surface area contributed by atoms with Gasteiger partial charge in [0.25, 0.3) is 0 Å². The Labute approximate surface area is 124 Å². The van der Waals surface area contributed by atoms with Crippen molar-refractivity contribution in [3.63, 3.8) is 0 Å². The minimum absolute atomic E-state index is 0.151. The Morgan fingerprint density at radius 2 is 2.05 bits per heavy atom. The molecule has 20 heavy (non-hydrogen) atoms. The first-order valence-corrected chi connectivity index (χ1v) is 7.55. The van der Waals surface area contributed by atoms with E-state index in [-0.39, 0.29) is 11.3 Å². The number of nitrogens with zero attached hydrogens (tertiary/aromatic N) is 4. The smallest absolute Gasteiger partial charge is 0.322 e. The molecule has 1 fully saturated rings. The lowest BCUT2D eigenvalue weighted by Gasteiger charge is -2.30. The highest BCUT2D eigenvalue weighted by Gasteiger charge is 2.15. The molecule has 0 radical (unpaired) electrons. The first-order chi connectivity index (χ1) is 9.67. The van der Waals surface area contributed by atoms with Crippen molar-refractivity contribution in [1.29, 1.82) is 0 Å². The summed E-state index contributed by atoms with van der Waals surface area (Å²) in [5.74, 6) is 1.33. The minimum atomic E-state index is 0.151. The van der Waals surface area contributed by atoms with Crippen molar-refractivity contribution in [2.45, 2.75) is 26.7 Å². The number of anilines is 1. The van der Waals surface area contributed by atoms with Crippen LogP contribution in [0.2, 0.25) is 5.28 Å². The Morgan fingerprint density at radius 1 is 1.30 bits per heavy atom. The molecule has 0 saturated carbocycles. The minimum Gasteiger partial charge on any atom is -0.464 e. The Bertz CT molecular complexity index is 423. The van der Waals surface area contributed by atoms with E-state index in [0.717, 1.165) is 19.0 Å². The van der Waals surface area contributed by atoms with Crippen molar-refractivity contribution in [2.75, 3.05) is 38.1 Å². The summed E-state index contributed by atoms with van der Waals surface area (Å²) < 4.78 is 5.24. The second kappa shape index (κ2) is 7.59. The molecule has 0 amide bonds. The van der Waals surface area contributed by atoms with Crippen LogP contribution in [0.1, 0.15) is 26.7 Å². The molecule has 0 atom stereocenters. The lowest BCUT2D eigenvalue weighted by Crippen LogP contribution is -2.36. The molecular formula is C13H22ClN5O. The average molecular weight is 300 g/mol. The molecule has 0 bridgehead atoms. The van der Waals surface area contributed by atoms with Gasteiger partial charge in [0, 0.05) is 13.1 Å². The Morgan fingerprint density at radius 3 is 2.75 bits per heavy atom. The van der Waals surface area contributed by atoms with E-state index in [1.54, 1.807) is 0 Å². The van der Waals surface area contributed by atoms with Crippen molar-refractivity contribution >= 4 is 17.5 Å². The molecule has 1 aromatic heterocycles. The van der Waals surface area contributed by atoms with Crippen LogP contribution in [0.5, 0.6) is 6.01 Å². The third-order valence-corrected chi connectivity index (χ3v) is 3.62. The molecule has 1 aliphatic rings. The maximum absolute atomic E-state index is 5.84. The zero-order valence-corrected chi connectivity index (χ0v) is 12.9. The molecule has 1 aliphatic heterocycles. The fraction of sp³-hybridized carbons (Fsp3) is 0.769. The van der Waals surface area contributed by atoms with Gasteiger partial charge in [-0.15, -0.1) is 0 Å². The molecule has 1 N–H and O–H groups in total. The van der Waals surface area contributed by atoms with Gasteiger partial charge >= 0.3 is 6.01 Å². The van der Waals surface area contributed by atoms with Crippen molar-refractivity contribution in [2.24, 2.45) is 5.92 Å². The molecule has 112 valence electrons. The van der Waals surface area contributed by atoms with Crippen LogP contribution in [-0.2, 0) is 0 Å². The van der Waals surface area contributed by atoms with Gasteiger partial charge < -0.3 is 15.0 Å². The molecule has 6 nitrogen and oxygen atoms in total. The standard InChI is InChI=1S/C13H22ClN5O/c1-3-20-13-17-11(14)16-12(18-13)15-6-9-19-7-4-10(2)5-8-19/h10H,3-9H2,1-2H3,(H,15,16,17,18). The van der Waals surface area contributed by atoms with Crippen LogP contribution in [0.25, 0.3) is 0 Å². The van der Waals surface area contributed by atoms with Crippen molar-refractivity contribution in [3.8, 4) is 6.01 Å². The van der Waals surface area contributed by atoms with E-state index in [2.05, 4.69) is 32.1 Å². The summed E-state index contributed by atoms with van der Waals surface area (Å²) in [5, 5.41) is 3.33. The zero-order chi connectivity index (χ0) is 14.4. The van der Waals surface area contributed by atoms with Gasteiger partial charge in [0.15, 0.2) is 0 Å². The number of aromatic nitrogens is 3. The van der Waals surface area contributed by atoms with Crippen LogP contribution < -0.4 is 10.1 Å². The summed E-state index contributed by atoms with van der Waals surface area (Å²) in [7, 11) is 0. The molecular weight excluding hydrogens is 278 g/mol. The molecule has 1 saturated heterocycles. The van der Waals surface area contributed by atoms with Crippen LogP contribution >= 0.6 is 11.6 Å². The molecule has 0 aliphatic carbocycles. The van der Waals surface area contributed by atoms with Gasteiger partial charge in [-0.25, -0.2) is 0 Å². The number of ether oxygens (including phenoxy) is 1. The first-order valence-electron chi connectivity index (χ1n) is 7.18. The highest BCUT2D eigenvalue weighted by molar-refractivity contribution is 6.28. The molecule has 0 unspecified atom stereocenters. The summed E-state index contributed by atoms with van der Waals surface area (Å²) in [6.07, 6.45) is 2.57. The number of likely N-dealkylation sites (tertiary alicyclic amines) is 1. The Balaban J connectivity index is 1.78. The van der Waals surface area contributed by atoms with Gasteiger partial charge in [-0.3, -0.25) is 0 Å². The maximum Gasteiger partial charge on any atom is 0.322 e. The zero-order valence-electron chi connectivity index (χ0n) is 12.1. The van der Waals surface area contributed by atoms with Gasteiger partial charge in [0.05, 0.1) is 6.61 Å². The fourth-order valence-electron chi connectivity index (χ4n) is 2.22. The lowest BCUT2D eigenvalue weighted by molar-refractivity contribution is 0.199. The van der Waals surface area contributed by atoms with Crippen LogP contribution in [-0.4, -0.2) is 52.6 Å². The van der Waals surface area contributed by atoms with E-state index >= 15 is 0 Å². The number of hydrogen-bond donors (Lipinski definition) is 1. The van der Waals surface area contributed by atoms with Crippen molar-refractivity contribution in [3.05, 3.63) is 5.28 Å². The van der Waals surface area contributed by atoms with E-state index in [9.17, 15) is 0 Å². The van der Waals surface area contributed by atoms with Gasteiger partial charge in [-0.1, -0.05) is 6.92 Å². The summed E-state index contributed by atoms with van der Waals surface area (Å²) in [6, 6.07) is 0.266. The Hall–Kier alpha value is -1.14. The SMILES string of the molecule is CCOc1nc(Cl)nc(NCCN2CCC(C)CC2)n1. The van der Waals surface area contributed by atoms with Gasteiger partial charge in [-0.2, -0.15) is 15.0 Å². The van der Waals surface area contributed by atoms with Crippen LogP contribution in [0, 0.1) is 5.92 Å². The largest absolute Gasteiger partial charge is 0.464 e. The Kier molecular flexibility index (Phi) is 5.79. The van der Waals surface area contributed by atoms with E-state index in [1.165, 1.54) is 25.9 Å². The summed E-state index contributed by atoms with van der Waals surface area (Å²) in [4.78, 5) is 14.6. The van der Waals surface area contributed by atoms with Crippen LogP contribution in [0.15, 0.2) is 0 Å². The average Bonchev–Trinajstić information content (AvgIpc) is 2.41. The third-order valence-electron chi connectivity index (χ3n) is 3.45. The van der Waals surface area contributed by atoms with Crippen LogP contribution in [0.3, 0.4) is 0 Å². The van der Waals surface area contributed by atoms with Gasteiger partial charge in [-0.05, 0) is 50.4 Å². The second-order valence-electron chi connectivity index (χ2n) is 5.09. The highest BCUT2D eigenvalue weighted by Crippen LogP contribution is 2.15. The molecule has 2 rings (SSSR count). The highest BCUT2D eigenvalue weighted by atomic mass is 35.5. The number of hydrogen-bond acceptors (Lipinski definition) is 6. The summed E-state index contributed by atoms with van der Waals surface area (Å²) in [5.41, 5.74) is 0. The third kappa shape index (κ3) is 4.76. The van der Waals surface area contributed by atoms with Crippen molar-refractivity contribution < 1.29 is 4.74 Å². The maximum atomic E-state index is 5.84. The first kappa shape index (κ1) is 15.3.